The molecule has 0 radical (unpaired) electrons. The molecule has 0 saturated heterocycles. The van der Waals surface area contributed by atoms with Crippen molar-refractivity contribution in [2.75, 3.05) is 0 Å². The monoisotopic (exact) mass is 301 g/mol. The quantitative estimate of drug-likeness (QED) is 0.655. The summed E-state index contributed by atoms with van der Waals surface area (Å²) in [4.78, 5) is 12.4. The van der Waals surface area contributed by atoms with Gasteiger partial charge in [-0.05, 0) is 49.1 Å². The van der Waals surface area contributed by atoms with Gasteiger partial charge in [0.25, 0.3) is 0 Å². The number of aromatic nitrogens is 1. The van der Waals surface area contributed by atoms with Gasteiger partial charge in [-0.3, -0.25) is 4.79 Å². The van der Waals surface area contributed by atoms with E-state index < -0.39 is 0 Å². The van der Waals surface area contributed by atoms with E-state index in [9.17, 15) is 4.79 Å². The molecule has 1 aliphatic carbocycles. The fourth-order valence-corrected chi connectivity index (χ4v) is 3.47. The second-order valence-electron chi connectivity index (χ2n) is 6.21. The molecule has 0 aliphatic heterocycles. The first-order valence-electron chi connectivity index (χ1n) is 8.14. The van der Waals surface area contributed by atoms with Gasteiger partial charge < -0.3 is 4.57 Å². The van der Waals surface area contributed by atoms with Crippen LogP contribution in [0.2, 0.25) is 0 Å². The molecule has 1 aliphatic rings. The van der Waals surface area contributed by atoms with E-state index in [1.54, 1.807) is 0 Å². The molecule has 2 aromatic carbocycles. The first kappa shape index (κ1) is 14.0. The highest BCUT2D eigenvalue weighted by molar-refractivity contribution is 6.00. The molecule has 0 N–H and O–H groups in total. The first-order valence-corrected chi connectivity index (χ1v) is 8.14. The van der Waals surface area contributed by atoms with Crippen LogP contribution in [-0.4, -0.2) is 10.4 Å². The molecule has 1 aromatic heterocycles. The van der Waals surface area contributed by atoms with E-state index in [0.717, 1.165) is 41.0 Å². The molecular formula is C21H19NO. The van der Waals surface area contributed by atoms with E-state index in [4.69, 9.17) is 0 Å². The minimum absolute atomic E-state index is 0.273. The zero-order valence-corrected chi connectivity index (χ0v) is 13.3. The minimum atomic E-state index is 0.273. The van der Waals surface area contributed by atoms with Gasteiger partial charge in [0.15, 0.2) is 5.78 Å². The Bertz CT molecular complexity index is 874. The van der Waals surface area contributed by atoms with Crippen molar-refractivity contribution in [3.05, 3.63) is 77.5 Å². The van der Waals surface area contributed by atoms with Gasteiger partial charge in [0.2, 0.25) is 0 Å². The number of aryl methyl sites for hydroxylation is 1. The smallest absolute Gasteiger partial charge is 0.164 e. The molecular weight excluding hydrogens is 282 g/mol. The molecule has 0 fully saturated rings. The maximum absolute atomic E-state index is 12.4. The molecule has 114 valence electrons. The van der Waals surface area contributed by atoms with Crippen molar-refractivity contribution in [3.63, 3.8) is 0 Å². The zero-order valence-electron chi connectivity index (χ0n) is 13.3. The molecule has 2 nitrogen and oxygen atoms in total. The summed E-state index contributed by atoms with van der Waals surface area (Å²) in [7, 11) is 0. The summed E-state index contributed by atoms with van der Waals surface area (Å²) in [6.45, 7) is 2.10. The second kappa shape index (κ2) is 5.54. The summed E-state index contributed by atoms with van der Waals surface area (Å²) in [6.07, 6.45) is 2.57. The summed E-state index contributed by atoms with van der Waals surface area (Å²) < 4.78 is 2.27. The molecule has 3 aromatic rings. The van der Waals surface area contributed by atoms with E-state index in [1.807, 2.05) is 18.2 Å². The summed E-state index contributed by atoms with van der Waals surface area (Å²) in [5.41, 5.74) is 6.68. The first-order chi connectivity index (χ1) is 11.2. The zero-order chi connectivity index (χ0) is 15.8. The van der Waals surface area contributed by atoms with Crippen molar-refractivity contribution in [1.29, 1.82) is 0 Å². The van der Waals surface area contributed by atoms with E-state index >= 15 is 0 Å². The Morgan fingerprint density at radius 1 is 0.913 bits per heavy atom. The number of ketones is 1. The number of hydrogen-bond donors (Lipinski definition) is 0. The highest BCUT2D eigenvalue weighted by Crippen LogP contribution is 2.33. The Labute approximate surface area is 136 Å². The number of nitrogens with zero attached hydrogens (tertiary/aromatic N) is 1. The molecule has 4 rings (SSSR count). The van der Waals surface area contributed by atoms with Crippen LogP contribution in [0.1, 0.15) is 34.5 Å². The predicted molar refractivity (Wildman–Crippen MR) is 93.2 cm³/mol. The van der Waals surface area contributed by atoms with Crippen LogP contribution in [0.25, 0.3) is 16.9 Å². The van der Waals surface area contributed by atoms with Crippen molar-refractivity contribution < 1.29 is 4.79 Å². The third-order valence-electron chi connectivity index (χ3n) is 4.55. The Balaban J connectivity index is 2.01. The molecule has 0 saturated carbocycles. The molecule has 2 heteroatoms. The normalized spacial score (nSPS) is 13.9. The van der Waals surface area contributed by atoms with E-state index in [1.165, 1.54) is 5.56 Å². The maximum atomic E-state index is 12.4. The van der Waals surface area contributed by atoms with Gasteiger partial charge in [-0.1, -0.05) is 42.5 Å². The van der Waals surface area contributed by atoms with Crippen molar-refractivity contribution in [1.82, 2.24) is 4.57 Å². The molecule has 0 atom stereocenters. The van der Waals surface area contributed by atoms with Crippen LogP contribution in [0, 0.1) is 6.92 Å². The van der Waals surface area contributed by atoms with Gasteiger partial charge in [-0.15, -0.1) is 0 Å². The fourth-order valence-electron chi connectivity index (χ4n) is 3.47. The van der Waals surface area contributed by atoms with Gasteiger partial charge in [0.1, 0.15) is 0 Å². The van der Waals surface area contributed by atoms with Crippen LogP contribution in [-0.2, 0) is 6.42 Å². The number of carbonyl (C=O) groups is 1. The van der Waals surface area contributed by atoms with Gasteiger partial charge in [-0.25, -0.2) is 0 Å². The summed E-state index contributed by atoms with van der Waals surface area (Å²) in [5.74, 6) is 0.273. The van der Waals surface area contributed by atoms with Crippen LogP contribution in [0.5, 0.6) is 0 Å². The standard InChI is InChI=1S/C21H19NO/c1-15-7-5-10-17(13-15)22-19-11-6-12-21(23)18(19)14-20(22)16-8-3-2-4-9-16/h2-5,7-10,13-14H,6,11-12H2,1H3. The molecule has 1 heterocycles. The lowest BCUT2D eigenvalue weighted by atomic mass is 9.96. The van der Waals surface area contributed by atoms with Crippen molar-refractivity contribution in [2.45, 2.75) is 26.2 Å². The Hall–Kier alpha value is -2.61. The summed E-state index contributed by atoms with van der Waals surface area (Å²) >= 11 is 0. The van der Waals surface area contributed by atoms with Crippen LogP contribution < -0.4 is 0 Å². The molecule has 0 spiro atoms. The maximum Gasteiger partial charge on any atom is 0.164 e. The van der Waals surface area contributed by atoms with Crippen LogP contribution in [0.4, 0.5) is 0 Å². The molecule has 23 heavy (non-hydrogen) atoms. The summed E-state index contributed by atoms with van der Waals surface area (Å²) in [6, 6.07) is 20.9. The average Bonchev–Trinajstić information content (AvgIpc) is 2.97. The van der Waals surface area contributed by atoms with Crippen molar-refractivity contribution in [3.8, 4) is 16.9 Å². The Morgan fingerprint density at radius 3 is 2.52 bits per heavy atom. The molecule has 0 bridgehead atoms. The third kappa shape index (κ3) is 2.40. The number of rotatable bonds is 2. The van der Waals surface area contributed by atoms with E-state index in [-0.39, 0.29) is 5.78 Å². The van der Waals surface area contributed by atoms with Crippen molar-refractivity contribution >= 4 is 5.78 Å². The van der Waals surface area contributed by atoms with Gasteiger partial charge in [-0.2, -0.15) is 0 Å². The fraction of sp³-hybridized carbons (Fsp3) is 0.190. The SMILES string of the molecule is Cc1cccc(-n2c(-c3ccccc3)cc3c2CCCC3=O)c1. The average molecular weight is 301 g/mol. The number of Topliss-reactive ketones (excluding diaryl/α,β-unsaturated/α-hetero) is 1. The predicted octanol–water partition coefficient (Wildman–Crippen LogP) is 4.97. The minimum Gasteiger partial charge on any atom is -0.313 e. The Kier molecular flexibility index (Phi) is 3.38. The van der Waals surface area contributed by atoms with Gasteiger partial charge >= 0.3 is 0 Å². The largest absolute Gasteiger partial charge is 0.313 e. The van der Waals surface area contributed by atoms with Crippen LogP contribution >= 0.6 is 0 Å². The second-order valence-corrected chi connectivity index (χ2v) is 6.21. The topological polar surface area (TPSA) is 22.0 Å². The van der Waals surface area contributed by atoms with E-state index in [0.29, 0.717) is 6.42 Å². The van der Waals surface area contributed by atoms with Gasteiger partial charge in [0.05, 0.1) is 5.69 Å². The lowest BCUT2D eigenvalue weighted by molar-refractivity contribution is 0.0972. The highest BCUT2D eigenvalue weighted by atomic mass is 16.1. The van der Waals surface area contributed by atoms with Gasteiger partial charge in [0, 0.05) is 23.4 Å². The van der Waals surface area contributed by atoms with Crippen LogP contribution in [0.15, 0.2) is 60.7 Å². The van der Waals surface area contributed by atoms with Crippen molar-refractivity contribution in [2.24, 2.45) is 0 Å². The number of fused-ring (bicyclic) bond motifs is 1. The summed E-state index contributed by atoms with van der Waals surface area (Å²) in [5, 5.41) is 0. The lowest BCUT2D eigenvalue weighted by Crippen LogP contribution is -2.12. The van der Waals surface area contributed by atoms with E-state index in [2.05, 4.69) is 54.0 Å². The molecule has 0 amide bonds. The number of hydrogen-bond acceptors (Lipinski definition) is 1. The lowest BCUT2D eigenvalue weighted by Gasteiger charge is -2.17. The van der Waals surface area contributed by atoms with Crippen LogP contribution in [0.3, 0.4) is 0 Å². The number of benzene rings is 2. The number of carbonyl (C=O) groups excluding carboxylic acids is 1. The highest BCUT2D eigenvalue weighted by Gasteiger charge is 2.25. The third-order valence-corrected chi connectivity index (χ3v) is 4.55. The Morgan fingerprint density at radius 2 is 1.74 bits per heavy atom. The molecule has 0 unspecified atom stereocenters.